The lowest BCUT2D eigenvalue weighted by atomic mass is 10.2. The Labute approximate surface area is 125 Å². The van der Waals surface area contributed by atoms with Gasteiger partial charge in [-0.1, -0.05) is 0 Å². The molecule has 0 unspecified atom stereocenters. The summed E-state index contributed by atoms with van der Waals surface area (Å²) < 4.78 is 5.20. The molecule has 0 atom stereocenters. The topological polar surface area (TPSA) is 109 Å². The number of furan rings is 1. The molecule has 0 bridgehead atoms. The van der Waals surface area contributed by atoms with Gasteiger partial charge in [-0.2, -0.15) is 0 Å². The minimum atomic E-state index is -1.12. The number of hydrogen-bond acceptors (Lipinski definition) is 4. The molecular weight excluding hydrogens is 288 g/mol. The van der Waals surface area contributed by atoms with Crippen LogP contribution >= 0.6 is 0 Å². The number of carbonyl (C=O) groups excluding carboxylic acids is 2. The van der Waals surface area contributed by atoms with E-state index in [1.54, 1.807) is 31.2 Å². The molecule has 3 N–H and O–H groups in total. The normalized spacial score (nSPS) is 10.0. The second-order valence-electron chi connectivity index (χ2n) is 4.52. The smallest absolute Gasteiger partial charge is 0.322 e. The molecule has 0 aliphatic carbocycles. The van der Waals surface area contributed by atoms with Gasteiger partial charge in [-0.05, 0) is 43.3 Å². The first-order valence-corrected chi connectivity index (χ1v) is 6.43. The standard InChI is InChI=1S/C15H14N2O5/c1-9-2-7-12(22-9)15(21)17-11-5-3-10(4-6-11)14(20)16-8-13(18)19/h2-7H,8H2,1H3,(H,16,20)(H,17,21)(H,18,19). The minimum absolute atomic E-state index is 0.195. The zero-order valence-electron chi connectivity index (χ0n) is 11.8. The Balaban J connectivity index is 1.98. The second-order valence-corrected chi connectivity index (χ2v) is 4.52. The van der Waals surface area contributed by atoms with E-state index in [1.165, 1.54) is 12.1 Å². The maximum absolute atomic E-state index is 11.9. The summed E-state index contributed by atoms with van der Waals surface area (Å²) in [5, 5.41) is 13.4. The molecule has 0 saturated carbocycles. The summed E-state index contributed by atoms with van der Waals surface area (Å²) in [6.45, 7) is 1.29. The van der Waals surface area contributed by atoms with Crippen LogP contribution in [0.4, 0.5) is 5.69 Å². The summed E-state index contributed by atoms with van der Waals surface area (Å²) in [5.41, 5.74) is 0.793. The van der Waals surface area contributed by atoms with E-state index in [9.17, 15) is 14.4 Å². The van der Waals surface area contributed by atoms with Crippen LogP contribution < -0.4 is 10.6 Å². The number of aliphatic carboxylic acids is 1. The van der Waals surface area contributed by atoms with Gasteiger partial charge in [0.2, 0.25) is 0 Å². The maximum Gasteiger partial charge on any atom is 0.322 e. The van der Waals surface area contributed by atoms with Crippen LogP contribution in [0.15, 0.2) is 40.8 Å². The fourth-order valence-electron chi connectivity index (χ4n) is 1.71. The van der Waals surface area contributed by atoms with E-state index in [2.05, 4.69) is 10.6 Å². The first-order chi connectivity index (χ1) is 10.5. The third kappa shape index (κ3) is 3.95. The molecule has 0 aliphatic heterocycles. The highest BCUT2D eigenvalue weighted by molar-refractivity contribution is 6.02. The van der Waals surface area contributed by atoms with Crippen molar-refractivity contribution < 1.29 is 23.9 Å². The Morgan fingerprint density at radius 3 is 2.27 bits per heavy atom. The van der Waals surface area contributed by atoms with Crippen LogP contribution in [0.2, 0.25) is 0 Å². The largest absolute Gasteiger partial charge is 0.480 e. The van der Waals surface area contributed by atoms with Crippen molar-refractivity contribution in [1.29, 1.82) is 0 Å². The summed E-state index contributed by atoms with van der Waals surface area (Å²) in [7, 11) is 0. The average Bonchev–Trinajstić information content (AvgIpc) is 2.92. The molecule has 2 amide bonds. The summed E-state index contributed by atoms with van der Waals surface area (Å²) >= 11 is 0. The van der Waals surface area contributed by atoms with Gasteiger partial charge < -0.3 is 20.2 Å². The highest BCUT2D eigenvalue weighted by atomic mass is 16.4. The molecule has 0 radical (unpaired) electrons. The molecule has 1 aromatic heterocycles. The first-order valence-electron chi connectivity index (χ1n) is 6.43. The van der Waals surface area contributed by atoms with E-state index < -0.39 is 24.3 Å². The molecule has 114 valence electrons. The molecule has 1 aromatic carbocycles. The van der Waals surface area contributed by atoms with Gasteiger partial charge in [0.1, 0.15) is 12.3 Å². The number of carboxylic acid groups (broad SMARTS) is 1. The van der Waals surface area contributed by atoms with Crippen LogP contribution in [-0.4, -0.2) is 29.4 Å². The highest BCUT2D eigenvalue weighted by Crippen LogP contribution is 2.13. The van der Waals surface area contributed by atoms with Crippen molar-refractivity contribution in [3.63, 3.8) is 0 Å². The lowest BCUT2D eigenvalue weighted by Crippen LogP contribution is -2.29. The number of anilines is 1. The third-order valence-corrected chi connectivity index (χ3v) is 2.77. The van der Waals surface area contributed by atoms with Crippen LogP contribution in [0.3, 0.4) is 0 Å². The van der Waals surface area contributed by atoms with E-state index >= 15 is 0 Å². The Morgan fingerprint density at radius 2 is 1.73 bits per heavy atom. The molecule has 0 aliphatic rings. The zero-order chi connectivity index (χ0) is 16.1. The van der Waals surface area contributed by atoms with Crippen LogP contribution in [-0.2, 0) is 4.79 Å². The van der Waals surface area contributed by atoms with Gasteiger partial charge in [-0.3, -0.25) is 14.4 Å². The van der Waals surface area contributed by atoms with Crippen molar-refractivity contribution in [2.45, 2.75) is 6.92 Å². The predicted octanol–water partition coefficient (Wildman–Crippen LogP) is 1.65. The van der Waals surface area contributed by atoms with Crippen molar-refractivity contribution in [3.05, 3.63) is 53.5 Å². The summed E-state index contributed by atoms with van der Waals surface area (Å²) in [5.74, 6) is -1.18. The van der Waals surface area contributed by atoms with Crippen molar-refractivity contribution in [2.75, 3.05) is 11.9 Å². The number of hydrogen-bond donors (Lipinski definition) is 3. The fraction of sp³-hybridized carbons (Fsp3) is 0.133. The van der Waals surface area contributed by atoms with Gasteiger partial charge >= 0.3 is 5.97 Å². The Bertz CT molecular complexity index is 703. The molecule has 0 saturated heterocycles. The van der Waals surface area contributed by atoms with Crippen molar-refractivity contribution in [3.8, 4) is 0 Å². The fourth-order valence-corrected chi connectivity index (χ4v) is 1.71. The van der Waals surface area contributed by atoms with E-state index in [0.717, 1.165) is 0 Å². The van der Waals surface area contributed by atoms with E-state index in [0.29, 0.717) is 17.0 Å². The second kappa shape index (κ2) is 6.57. The molecule has 0 fully saturated rings. The van der Waals surface area contributed by atoms with Crippen molar-refractivity contribution in [2.24, 2.45) is 0 Å². The summed E-state index contributed by atoms with van der Waals surface area (Å²) in [6.07, 6.45) is 0. The van der Waals surface area contributed by atoms with Crippen LogP contribution in [0, 0.1) is 6.92 Å². The Kier molecular flexibility index (Phi) is 4.57. The van der Waals surface area contributed by atoms with Gasteiger partial charge in [-0.25, -0.2) is 0 Å². The number of aryl methyl sites for hydroxylation is 1. The summed E-state index contributed by atoms with van der Waals surface area (Å²) in [6, 6.07) is 9.32. The highest BCUT2D eigenvalue weighted by Gasteiger charge is 2.11. The van der Waals surface area contributed by atoms with Gasteiger partial charge in [-0.15, -0.1) is 0 Å². The van der Waals surface area contributed by atoms with Crippen LogP contribution in [0.1, 0.15) is 26.7 Å². The van der Waals surface area contributed by atoms with E-state index in [-0.39, 0.29) is 5.76 Å². The number of nitrogens with one attached hydrogen (secondary N) is 2. The number of carboxylic acids is 1. The molecule has 2 aromatic rings. The molecule has 2 rings (SSSR count). The van der Waals surface area contributed by atoms with Gasteiger partial charge in [0.15, 0.2) is 5.76 Å². The SMILES string of the molecule is Cc1ccc(C(=O)Nc2ccc(C(=O)NCC(=O)O)cc2)o1. The van der Waals surface area contributed by atoms with E-state index in [4.69, 9.17) is 9.52 Å². The monoisotopic (exact) mass is 302 g/mol. The molecule has 0 spiro atoms. The molecular formula is C15H14N2O5. The Morgan fingerprint density at radius 1 is 1.05 bits per heavy atom. The number of benzene rings is 1. The lowest BCUT2D eigenvalue weighted by molar-refractivity contribution is -0.135. The molecule has 7 heteroatoms. The zero-order valence-corrected chi connectivity index (χ0v) is 11.8. The molecule has 22 heavy (non-hydrogen) atoms. The van der Waals surface area contributed by atoms with Gasteiger partial charge in [0, 0.05) is 11.3 Å². The number of carbonyl (C=O) groups is 3. The quantitative estimate of drug-likeness (QED) is 0.778. The number of amides is 2. The molecule has 7 nitrogen and oxygen atoms in total. The average molecular weight is 302 g/mol. The van der Waals surface area contributed by atoms with Crippen LogP contribution in [0.5, 0.6) is 0 Å². The van der Waals surface area contributed by atoms with Gasteiger partial charge in [0.05, 0.1) is 0 Å². The number of rotatable bonds is 5. The van der Waals surface area contributed by atoms with Crippen molar-refractivity contribution >= 4 is 23.5 Å². The van der Waals surface area contributed by atoms with Gasteiger partial charge in [0.25, 0.3) is 11.8 Å². The summed E-state index contributed by atoms with van der Waals surface area (Å²) in [4.78, 5) is 33.9. The first kappa shape index (κ1) is 15.3. The van der Waals surface area contributed by atoms with Crippen molar-refractivity contribution in [1.82, 2.24) is 5.32 Å². The van der Waals surface area contributed by atoms with E-state index in [1.807, 2.05) is 0 Å². The third-order valence-electron chi connectivity index (χ3n) is 2.77. The maximum atomic E-state index is 11.9. The predicted molar refractivity (Wildman–Crippen MR) is 77.8 cm³/mol. The minimum Gasteiger partial charge on any atom is -0.480 e. The van der Waals surface area contributed by atoms with Crippen LogP contribution in [0.25, 0.3) is 0 Å². The molecule has 1 heterocycles. The lowest BCUT2D eigenvalue weighted by Gasteiger charge is -2.05. The Hall–Kier alpha value is -3.09.